The molecule has 0 amide bonds. The van der Waals surface area contributed by atoms with E-state index in [1.54, 1.807) is 0 Å². The van der Waals surface area contributed by atoms with Gasteiger partial charge in [0.05, 0.1) is 0 Å². The summed E-state index contributed by atoms with van der Waals surface area (Å²) in [6.45, 7) is 0. The van der Waals surface area contributed by atoms with Gasteiger partial charge in [-0.2, -0.15) is 0 Å². The van der Waals surface area contributed by atoms with Crippen LogP contribution >= 0.6 is 0 Å². The highest BCUT2D eigenvalue weighted by Crippen LogP contribution is 2.39. The molecule has 2 aliphatic carbocycles. The largest absolute Gasteiger partial charge is 0.366 e. The standard InChI is InChI=1S/C16H19N5/c17-21-15-9-14(19-16(20-15)10-5-6-10)18-13-7-11-3-1-2-4-12(11)8-13/h1-4,9-10,13H,5-8,17H2,(H2,18,19,20,21). The first-order valence-corrected chi connectivity index (χ1v) is 7.51. The van der Waals surface area contributed by atoms with E-state index in [1.165, 1.54) is 24.0 Å². The zero-order valence-electron chi connectivity index (χ0n) is 11.8. The molecule has 0 atom stereocenters. The van der Waals surface area contributed by atoms with Crippen LogP contribution in [-0.4, -0.2) is 16.0 Å². The fourth-order valence-corrected chi connectivity index (χ4v) is 3.01. The average Bonchev–Trinajstić information content (AvgIpc) is 3.27. The number of hydrazine groups is 1. The summed E-state index contributed by atoms with van der Waals surface area (Å²) in [7, 11) is 0. The first kappa shape index (κ1) is 12.6. The number of anilines is 2. The number of nitrogens with two attached hydrogens (primary N) is 1. The fourth-order valence-electron chi connectivity index (χ4n) is 3.01. The van der Waals surface area contributed by atoms with Gasteiger partial charge in [0.25, 0.3) is 0 Å². The van der Waals surface area contributed by atoms with E-state index >= 15 is 0 Å². The van der Waals surface area contributed by atoms with Crippen LogP contribution in [0.2, 0.25) is 0 Å². The van der Waals surface area contributed by atoms with E-state index < -0.39 is 0 Å². The third-order valence-corrected chi connectivity index (χ3v) is 4.24. The van der Waals surface area contributed by atoms with E-state index in [0.717, 1.165) is 24.5 Å². The molecule has 21 heavy (non-hydrogen) atoms. The van der Waals surface area contributed by atoms with Crippen molar-refractivity contribution < 1.29 is 0 Å². The van der Waals surface area contributed by atoms with Gasteiger partial charge in [0.2, 0.25) is 0 Å². The monoisotopic (exact) mass is 281 g/mol. The van der Waals surface area contributed by atoms with Crippen molar-refractivity contribution in [1.29, 1.82) is 0 Å². The van der Waals surface area contributed by atoms with Crippen molar-refractivity contribution in [1.82, 2.24) is 9.97 Å². The van der Waals surface area contributed by atoms with Gasteiger partial charge in [-0.1, -0.05) is 24.3 Å². The van der Waals surface area contributed by atoms with Gasteiger partial charge in [0.15, 0.2) is 0 Å². The molecule has 2 aliphatic rings. The molecule has 0 radical (unpaired) electrons. The summed E-state index contributed by atoms with van der Waals surface area (Å²) in [6, 6.07) is 10.9. The Morgan fingerprint density at radius 2 is 1.67 bits per heavy atom. The fraction of sp³-hybridized carbons (Fsp3) is 0.375. The molecule has 108 valence electrons. The smallest absolute Gasteiger partial charge is 0.145 e. The van der Waals surface area contributed by atoms with Gasteiger partial charge >= 0.3 is 0 Å². The quantitative estimate of drug-likeness (QED) is 0.592. The van der Waals surface area contributed by atoms with E-state index in [0.29, 0.717) is 17.8 Å². The maximum atomic E-state index is 5.52. The van der Waals surface area contributed by atoms with E-state index in [-0.39, 0.29) is 0 Å². The van der Waals surface area contributed by atoms with Crippen molar-refractivity contribution >= 4 is 11.6 Å². The summed E-state index contributed by atoms with van der Waals surface area (Å²) >= 11 is 0. The number of hydrogen-bond donors (Lipinski definition) is 3. The Labute approximate surface area is 124 Å². The molecule has 1 aromatic carbocycles. The lowest BCUT2D eigenvalue weighted by atomic mass is 10.1. The van der Waals surface area contributed by atoms with Crippen LogP contribution < -0.4 is 16.6 Å². The topological polar surface area (TPSA) is 75.9 Å². The molecule has 1 saturated carbocycles. The molecule has 5 heteroatoms. The van der Waals surface area contributed by atoms with Gasteiger partial charge in [-0.3, -0.25) is 0 Å². The Kier molecular flexibility index (Phi) is 3.00. The van der Waals surface area contributed by atoms with Crippen LogP contribution in [0.1, 0.15) is 35.7 Å². The summed E-state index contributed by atoms with van der Waals surface area (Å²) in [5.74, 6) is 8.49. The van der Waals surface area contributed by atoms with E-state index in [9.17, 15) is 0 Å². The third-order valence-electron chi connectivity index (χ3n) is 4.24. The van der Waals surface area contributed by atoms with Crippen LogP contribution in [0, 0.1) is 0 Å². The van der Waals surface area contributed by atoms with Gasteiger partial charge in [0, 0.05) is 18.0 Å². The third kappa shape index (κ3) is 2.56. The maximum Gasteiger partial charge on any atom is 0.145 e. The normalized spacial score (nSPS) is 17.6. The number of nitrogens with one attached hydrogen (secondary N) is 2. The summed E-state index contributed by atoms with van der Waals surface area (Å²) in [4.78, 5) is 9.09. The number of nitrogen functional groups attached to an aromatic ring is 1. The van der Waals surface area contributed by atoms with Crippen molar-refractivity contribution in [2.24, 2.45) is 5.84 Å². The van der Waals surface area contributed by atoms with E-state index in [4.69, 9.17) is 5.84 Å². The van der Waals surface area contributed by atoms with Gasteiger partial charge in [-0.05, 0) is 36.8 Å². The molecular formula is C16H19N5. The number of nitrogens with zero attached hydrogens (tertiary/aromatic N) is 2. The summed E-state index contributed by atoms with van der Waals surface area (Å²) in [5, 5.41) is 3.54. The molecule has 1 heterocycles. The van der Waals surface area contributed by atoms with Crippen molar-refractivity contribution in [2.75, 3.05) is 10.7 Å². The lowest BCUT2D eigenvalue weighted by molar-refractivity contribution is 0.764. The SMILES string of the molecule is NNc1cc(NC2Cc3ccccc3C2)nc(C2CC2)n1. The molecule has 4 N–H and O–H groups in total. The number of benzene rings is 1. The van der Waals surface area contributed by atoms with Crippen molar-refractivity contribution in [3.05, 3.63) is 47.3 Å². The molecule has 5 nitrogen and oxygen atoms in total. The molecule has 4 rings (SSSR count). The summed E-state index contributed by atoms with van der Waals surface area (Å²) in [6.07, 6.45) is 4.46. The lowest BCUT2D eigenvalue weighted by Gasteiger charge is -2.14. The van der Waals surface area contributed by atoms with Crippen LogP contribution in [0.25, 0.3) is 0 Å². The average molecular weight is 281 g/mol. The highest BCUT2D eigenvalue weighted by molar-refractivity contribution is 5.49. The molecule has 0 bridgehead atoms. The number of rotatable bonds is 4. The lowest BCUT2D eigenvalue weighted by Crippen LogP contribution is -2.21. The second kappa shape index (κ2) is 5.00. The maximum absolute atomic E-state index is 5.52. The predicted molar refractivity (Wildman–Crippen MR) is 83.1 cm³/mol. The first-order valence-electron chi connectivity index (χ1n) is 7.51. The number of fused-ring (bicyclic) bond motifs is 1. The summed E-state index contributed by atoms with van der Waals surface area (Å²) in [5.41, 5.74) is 5.51. The van der Waals surface area contributed by atoms with Crippen molar-refractivity contribution in [3.8, 4) is 0 Å². The van der Waals surface area contributed by atoms with Crippen LogP contribution in [0.4, 0.5) is 11.6 Å². The molecular weight excluding hydrogens is 262 g/mol. The minimum Gasteiger partial charge on any atom is -0.366 e. The van der Waals surface area contributed by atoms with Crippen LogP contribution in [0.15, 0.2) is 30.3 Å². The predicted octanol–water partition coefficient (Wildman–Crippen LogP) is 2.22. The second-order valence-corrected chi connectivity index (χ2v) is 5.93. The van der Waals surface area contributed by atoms with Crippen molar-refractivity contribution in [3.63, 3.8) is 0 Å². The summed E-state index contributed by atoms with van der Waals surface area (Å²) < 4.78 is 0. The van der Waals surface area contributed by atoms with Gasteiger partial charge in [-0.25, -0.2) is 15.8 Å². The number of hydrogen-bond acceptors (Lipinski definition) is 5. The molecule has 1 aromatic heterocycles. The highest BCUT2D eigenvalue weighted by atomic mass is 15.3. The molecule has 1 fully saturated rings. The molecule has 0 saturated heterocycles. The van der Waals surface area contributed by atoms with Gasteiger partial charge < -0.3 is 10.7 Å². The molecule has 0 unspecified atom stereocenters. The Morgan fingerprint density at radius 3 is 2.29 bits per heavy atom. The van der Waals surface area contributed by atoms with Gasteiger partial charge in [0.1, 0.15) is 17.5 Å². The Bertz CT molecular complexity index is 640. The van der Waals surface area contributed by atoms with Crippen LogP contribution in [-0.2, 0) is 12.8 Å². The minimum absolute atomic E-state index is 0.398. The Morgan fingerprint density at radius 1 is 1.00 bits per heavy atom. The first-order chi connectivity index (χ1) is 10.3. The Balaban J connectivity index is 1.54. The zero-order chi connectivity index (χ0) is 14.2. The van der Waals surface area contributed by atoms with Crippen LogP contribution in [0.5, 0.6) is 0 Å². The van der Waals surface area contributed by atoms with Crippen LogP contribution in [0.3, 0.4) is 0 Å². The van der Waals surface area contributed by atoms with Crippen molar-refractivity contribution in [2.45, 2.75) is 37.6 Å². The van der Waals surface area contributed by atoms with E-state index in [2.05, 4.69) is 45.0 Å². The number of aromatic nitrogens is 2. The minimum atomic E-state index is 0.398. The zero-order valence-corrected chi connectivity index (χ0v) is 11.8. The van der Waals surface area contributed by atoms with Gasteiger partial charge in [-0.15, -0.1) is 0 Å². The molecule has 2 aromatic rings. The molecule has 0 spiro atoms. The second-order valence-electron chi connectivity index (χ2n) is 5.93. The molecule has 0 aliphatic heterocycles. The van der Waals surface area contributed by atoms with E-state index in [1.807, 2.05) is 6.07 Å². The Hall–Kier alpha value is -2.14. The highest BCUT2D eigenvalue weighted by Gasteiger charge is 2.28.